The zero-order valence-corrected chi connectivity index (χ0v) is 10.9. The van der Waals surface area contributed by atoms with Crippen molar-refractivity contribution in [2.24, 2.45) is 0 Å². The first-order valence-corrected chi connectivity index (χ1v) is 6.47. The molecule has 3 heteroatoms. The van der Waals surface area contributed by atoms with Crippen molar-refractivity contribution in [1.82, 2.24) is 10.3 Å². The van der Waals surface area contributed by atoms with Gasteiger partial charge in [0.1, 0.15) is 0 Å². The fourth-order valence-corrected chi connectivity index (χ4v) is 2.29. The first kappa shape index (κ1) is 12.1. The second kappa shape index (κ2) is 5.84. The van der Waals surface area contributed by atoms with Crippen LogP contribution >= 0.6 is 11.8 Å². The van der Waals surface area contributed by atoms with E-state index in [1.54, 1.807) is 11.8 Å². The Morgan fingerprint density at radius 1 is 1.06 bits per heavy atom. The summed E-state index contributed by atoms with van der Waals surface area (Å²) in [6, 6.07) is 14.8. The lowest BCUT2D eigenvalue weighted by molar-refractivity contribution is 0.631. The zero-order valence-electron chi connectivity index (χ0n) is 10.1. The van der Waals surface area contributed by atoms with Gasteiger partial charge >= 0.3 is 0 Å². The highest BCUT2D eigenvalue weighted by atomic mass is 32.2. The molecule has 17 heavy (non-hydrogen) atoms. The van der Waals surface area contributed by atoms with Crippen molar-refractivity contribution < 1.29 is 0 Å². The third kappa shape index (κ3) is 3.32. The van der Waals surface area contributed by atoms with Crippen LogP contribution in [0.1, 0.15) is 18.7 Å². The molecule has 1 aromatic carbocycles. The summed E-state index contributed by atoms with van der Waals surface area (Å²) in [5, 5.41) is 3.18. The lowest BCUT2D eigenvalue weighted by atomic mass is 10.2. The van der Waals surface area contributed by atoms with E-state index in [1.807, 2.05) is 31.4 Å². The summed E-state index contributed by atoms with van der Waals surface area (Å²) in [6.45, 7) is 2.10. The third-order valence-corrected chi connectivity index (χ3v) is 3.60. The minimum absolute atomic E-state index is 0.297. The molecule has 0 fully saturated rings. The maximum atomic E-state index is 4.46. The first-order chi connectivity index (χ1) is 8.29. The normalized spacial score (nSPS) is 12.4. The molecule has 1 atom stereocenters. The Labute approximate surface area is 106 Å². The van der Waals surface area contributed by atoms with Gasteiger partial charge in [-0.1, -0.05) is 30.0 Å². The number of aromatic nitrogens is 1. The maximum absolute atomic E-state index is 4.46. The predicted molar refractivity (Wildman–Crippen MR) is 72.3 cm³/mol. The van der Waals surface area contributed by atoms with Crippen LogP contribution in [0.4, 0.5) is 0 Å². The van der Waals surface area contributed by atoms with E-state index in [4.69, 9.17) is 0 Å². The molecule has 0 aliphatic rings. The van der Waals surface area contributed by atoms with E-state index in [2.05, 4.69) is 41.5 Å². The predicted octanol–water partition coefficient (Wildman–Crippen LogP) is 3.51. The summed E-state index contributed by atoms with van der Waals surface area (Å²) in [7, 11) is 1.94. The van der Waals surface area contributed by atoms with Crippen molar-refractivity contribution in [1.29, 1.82) is 0 Å². The van der Waals surface area contributed by atoms with Gasteiger partial charge in [0.05, 0.1) is 5.69 Å². The molecule has 0 saturated heterocycles. The number of pyridine rings is 1. The van der Waals surface area contributed by atoms with E-state index >= 15 is 0 Å². The fourth-order valence-electron chi connectivity index (χ4n) is 1.48. The minimum Gasteiger partial charge on any atom is -0.312 e. The first-order valence-electron chi connectivity index (χ1n) is 5.65. The van der Waals surface area contributed by atoms with Crippen molar-refractivity contribution in [3.8, 4) is 0 Å². The summed E-state index contributed by atoms with van der Waals surface area (Å²) in [5.74, 6) is 0. The Bertz CT molecular complexity index is 453. The summed E-state index contributed by atoms with van der Waals surface area (Å²) in [6.07, 6.45) is 1.93. The number of nitrogens with zero attached hydrogens (tertiary/aromatic N) is 1. The van der Waals surface area contributed by atoms with E-state index in [1.165, 1.54) is 9.79 Å². The molecule has 2 nitrogen and oxygen atoms in total. The Hall–Kier alpha value is -1.32. The summed E-state index contributed by atoms with van der Waals surface area (Å²) >= 11 is 1.73. The number of nitrogens with one attached hydrogen (secondary N) is 1. The average molecular weight is 244 g/mol. The van der Waals surface area contributed by atoms with Gasteiger partial charge in [-0.25, -0.2) is 0 Å². The highest BCUT2D eigenvalue weighted by molar-refractivity contribution is 7.99. The maximum Gasteiger partial charge on any atom is 0.0571 e. The van der Waals surface area contributed by atoms with Crippen molar-refractivity contribution >= 4 is 11.8 Å². The molecule has 1 N–H and O–H groups in total. The molecular formula is C14H16N2S. The summed E-state index contributed by atoms with van der Waals surface area (Å²) in [4.78, 5) is 6.87. The highest BCUT2D eigenvalue weighted by Gasteiger charge is 2.04. The van der Waals surface area contributed by atoms with Crippen LogP contribution in [0.15, 0.2) is 58.5 Å². The lowest BCUT2D eigenvalue weighted by Crippen LogP contribution is -2.13. The number of rotatable bonds is 4. The van der Waals surface area contributed by atoms with Gasteiger partial charge in [-0.15, -0.1) is 0 Å². The van der Waals surface area contributed by atoms with Crippen LogP contribution in [0.3, 0.4) is 0 Å². The zero-order chi connectivity index (χ0) is 12.1. The molecule has 2 aromatic rings. The molecule has 1 unspecified atom stereocenters. The number of hydrogen-bond acceptors (Lipinski definition) is 3. The van der Waals surface area contributed by atoms with Crippen LogP contribution in [-0.2, 0) is 0 Å². The van der Waals surface area contributed by atoms with E-state index < -0.39 is 0 Å². The van der Waals surface area contributed by atoms with Crippen molar-refractivity contribution in [2.75, 3.05) is 7.05 Å². The smallest absolute Gasteiger partial charge is 0.0571 e. The minimum atomic E-state index is 0.297. The fraction of sp³-hybridized carbons (Fsp3) is 0.214. The van der Waals surface area contributed by atoms with Crippen LogP contribution in [0, 0.1) is 0 Å². The average Bonchev–Trinajstić information content (AvgIpc) is 2.40. The SMILES string of the molecule is CNC(C)c1ccc(Sc2ccccc2)cn1. The van der Waals surface area contributed by atoms with Gasteiger partial charge in [-0.2, -0.15) is 0 Å². The van der Waals surface area contributed by atoms with Gasteiger partial charge in [0.25, 0.3) is 0 Å². The Kier molecular flexibility index (Phi) is 4.18. The van der Waals surface area contributed by atoms with Crippen LogP contribution in [0.2, 0.25) is 0 Å². The van der Waals surface area contributed by atoms with E-state index in [9.17, 15) is 0 Å². The van der Waals surface area contributed by atoms with Crippen molar-refractivity contribution in [3.05, 3.63) is 54.4 Å². The molecule has 0 spiro atoms. The standard InChI is InChI=1S/C14H16N2S/c1-11(15-2)14-9-8-13(10-16-14)17-12-6-4-3-5-7-12/h3-11,15H,1-2H3. The molecule has 0 aliphatic carbocycles. The highest BCUT2D eigenvalue weighted by Crippen LogP contribution is 2.27. The Morgan fingerprint density at radius 2 is 1.82 bits per heavy atom. The molecule has 0 aliphatic heterocycles. The van der Waals surface area contributed by atoms with E-state index in [-0.39, 0.29) is 0 Å². The Balaban J connectivity index is 2.08. The van der Waals surface area contributed by atoms with Gasteiger partial charge in [0.15, 0.2) is 0 Å². The van der Waals surface area contributed by atoms with Gasteiger partial charge in [0.2, 0.25) is 0 Å². The van der Waals surface area contributed by atoms with Crippen LogP contribution in [0.25, 0.3) is 0 Å². The molecule has 0 bridgehead atoms. The number of hydrogen-bond donors (Lipinski definition) is 1. The third-order valence-electron chi connectivity index (χ3n) is 2.61. The molecule has 88 valence electrons. The summed E-state index contributed by atoms with van der Waals surface area (Å²) < 4.78 is 0. The number of benzene rings is 1. The molecule has 0 amide bonds. The van der Waals surface area contributed by atoms with Gasteiger partial charge in [-0.3, -0.25) is 4.98 Å². The molecule has 2 rings (SSSR count). The second-order valence-electron chi connectivity index (χ2n) is 3.84. The second-order valence-corrected chi connectivity index (χ2v) is 4.99. The lowest BCUT2D eigenvalue weighted by Gasteiger charge is -2.09. The molecule has 1 aromatic heterocycles. The summed E-state index contributed by atoms with van der Waals surface area (Å²) in [5.41, 5.74) is 1.07. The largest absolute Gasteiger partial charge is 0.312 e. The van der Waals surface area contributed by atoms with Gasteiger partial charge in [0, 0.05) is 22.0 Å². The van der Waals surface area contributed by atoms with Gasteiger partial charge < -0.3 is 5.32 Å². The van der Waals surface area contributed by atoms with E-state index in [0.717, 1.165) is 5.69 Å². The molecule has 0 radical (unpaired) electrons. The quantitative estimate of drug-likeness (QED) is 0.891. The van der Waals surface area contributed by atoms with E-state index in [0.29, 0.717) is 6.04 Å². The molecule has 0 saturated carbocycles. The topological polar surface area (TPSA) is 24.9 Å². The van der Waals surface area contributed by atoms with Crippen LogP contribution in [-0.4, -0.2) is 12.0 Å². The van der Waals surface area contributed by atoms with Crippen LogP contribution in [0.5, 0.6) is 0 Å². The molecule has 1 heterocycles. The van der Waals surface area contributed by atoms with Gasteiger partial charge in [-0.05, 0) is 38.2 Å². The van der Waals surface area contributed by atoms with Crippen LogP contribution < -0.4 is 5.32 Å². The Morgan fingerprint density at radius 3 is 2.41 bits per heavy atom. The monoisotopic (exact) mass is 244 g/mol. The molecular weight excluding hydrogens is 228 g/mol. The van der Waals surface area contributed by atoms with Crippen molar-refractivity contribution in [3.63, 3.8) is 0 Å². The van der Waals surface area contributed by atoms with Crippen molar-refractivity contribution in [2.45, 2.75) is 22.8 Å².